The van der Waals surface area contributed by atoms with E-state index in [-0.39, 0.29) is 5.78 Å². The van der Waals surface area contributed by atoms with Crippen molar-refractivity contribution in [1.29, 1.82) is 0 Å². The van der Waals surface area contributed by atoms with Gasteiger partial charge in [0.25, 0.3) is 0 Å². The molecule has 1 aliphatic heterocycles. The molecule has 1 heterocycles. The van der Waals surface area contributed by atoms with Crippen molar-refractivity contribution in [3.8, 4) is 5.75 Å². The molecule has 0 atom stereocenters. The third-order valence-corrected chi connectivity index (χ3v) is 3.19. The Morgan fingerprint density at radius 1 is 1.41 bits per heavy atom. The first kappa shape index (κ1) is 12.2. The van der Waals surface area contributed by atoms with E-state index in [4.69, 9.17) is 22.1 Å². The van der Waals surface area contributed by atoms with Gasteiger partial charge in [-0.1, -0.05) is 0 Å². The smallest absolute Gasteiger partial charge is 0.162 e. The molecule has 0 aromatic heterocycles. The van der Waals surface area contributed by atoms with Crippen LogP contribution in [0.1, 0.15) is 35.2 Å². The van der Waals surface area contributed by atoms with Crippen LogP contribution in [-0.2, 0) is 6.42 Å². The molecule has 1 aromatic rings. The number of fused-ring (bicyclic) bond motifs is 1. The van der Waals surface area contributed by atoms with Crippen LogP contribution in [-0.4, -0.2) is 18.3 Å². The third kappa shape index (κ3) is 2.72. The molecule has 0 saturated heterocycles. The van der Waals surface area contributed by atoms with Crippen LogP contribution < -0.4 is 10.5 Å². The van der Waals surface area contributed by atoms with Gasteiger partial charge in [0.2, 0.25) is 0 Å². The van der Waals surface area contributed by atoms with Crippen molar-refractivity contribution >= 4 is 23.1 Å². The Hall–Kier alpha value is -1.22. The highest BCUT2D eigenvalue weighted by Crippen LogP contribution is 2.33. The van der Waals surface area contributed by atoms with Crippen molar-refractivity contribution in [3.63, 3.8) is 0 Å². The minimum atomic E-state index is 0.136. The molecule has 2 N–H and O–H groups in total. The average Bonchev–Trinajstić information content (AvgIpc) is 2.77. The van der Waals surface area contributed by atoms with Gasteiger partial charge in [-0.25, -0.2) is 0 Å². The lowest BCUT2D eigenvalue weighted by Crippen LogP contribution is -2.02. The van der Waals surface area contributed by atoms with Crippen LogP contribution in [0.4, 0.5) is 5.69 Å². The van der Waals surface area contributed by atoms with Gasteiger partial charge in [0, 0.05) is 29.8 Å². The second-order valence-corrected chi connectivity index (χ2v) is 4.60. The van der Waals surface area contributed by atoms with E-state index >= 15 is 0 Å². The summed E-state index contributed by atoms with van der Waals surface area (Å²) in [5.41, 5.74) is 8.18. The number of nitrogen functional groups attached to an aromatic ring is 1. The zero-order valence-electron chi connectivity index (χ0n) is 9.67. The van der Waals surface area contributed by atoms with Gasteiger partial charge in [0.15, 0.2) is 5.78 Å². The predicted molar refractivity (Wildman–Crippen MR) is 69.0 cm³/mol. The van der Waals surface area contributed by atoms with Crippen molar-refractivity contribution in [2.24, 2.45) is 0 Å². The van der Waals surface area contributed by atoms with Gasteiger partial charge in [-0.3, -0.25) is 4.79 Å². The van der Waals surface area contributed by atoms with E-state index in [0.29, 0.717) is 30.2 Å². The number of ether oxygens (including phenoxy) is 1. The summed E-state index contributed by atoms with van der Waals surface area (Å²) in [6, 6.07) is 3.62. The Labute approximate surface area is 106 Å². The quantitative estimate of drug-likeness (QED) is 0.380. The summed E-state index contributed by atoms with van der Waals surface area (Å²) in [7, 11) is 0. The van der Waals surface area contributed by atoms with E-state index < -0.39 is 0 Å². The van der Waals surface area contributed by atoms with Gasteiger partial charge in [-0.2, -0.15) is 0 Å². The Bertz CT molecular complexity index is 432. The van der Waals surface area contributed by atoms with Gasteiger partial charge >= 0.3 is 0 Å². The fraction of sp³-hybridized carbons (Fsp3) is 0.462. The average molecular weight is 254 g/mol. The number of anilines is 1. The molecule has 0 radical (unpaired) electrons. The van der Waals surface area contributed by atoms with Crippen LogP contribution >= 0.6 is 11.6 Å². The summed E-state index contributed by atoms with van der Waals surface area (Å²) in [5.74, 6) is 1.49. The van der Waals surface area contributed by atoms with Crippen molar-refractivity contribution in [3.05, 3.63) is 23.3 Å². The highest BCUT2D eigenvalue weighted by molar-refractivity contribution is 6.17. The lowest BCUT2D eigenvalue weighted by atomic mass is 10.0. The summed E-state index contributed by atoms with van der Waals surface area (Å²) in [6.07, 6.45) is 3.07. The van der Waals surface area contributed by atoms with Crippen LogP contribution in [0.25, 0.3) is 0 Å². The van der Waals surface area contributed by atoms with E-state index in [9.17, 15) is 4.79 Å². The number of carbonyl (C=O) groups excluding carboxylic acids is 1. The number of alkyl halides is 1. The Kier molecular flexibility index (Phi) is 3.89. The number of unbranched alkanes of at least 4 members (excludes halogenated alkanes) is 1. The van der Waals surface area contributed by atoms with E-state index in [2.05, 4.69) is 0 Å². The lowest BCUT2D eigenvalue weighted by molar-refractivity contribution is 0.0980. The Morgan fingerprint density at radius 3 is 3.00 bits per heavy atom. The van der Waals surface area contributed by atoms with Crippen molar-refractivity contribution < 1.29 is 9.53 Å². The second kappa shape index (κ2) is 5.41. The Morgan fingerprint density at radius 2 is 2.24 bits per heavy atom. The maximum atomic E-state index is 11.9. The molecule has 1 aromatic carbocycles. The minimum absolute atomic E-state index is 0.136. The molecule has 0 bridgehead atoms. The van der Waals surface area contributed by atoms with Crippen LogP contribution in [0.2, 0.25) is 0 Å². The van der Waals surface area contributed by atoms with Gasteiger partial charge in [0.05, 0.1) is 12.3 Å². The largest absolute Gasteiger partial charge is 0.491 e. The first-order valence-electron chi connectivity index (χ1n) is 5.86. The molecule has 3 nitrogen and oxygen atoms in total. The number of benzene rings is 1. The van der Waals surface area contributed by atoms with Gasteiger partial charge < -0.3 is 10.5 Å². The zero-order valence-corrected chi connectivity index (χ0v) is 10.4. The maximum absolute atomic E-state index is 11.9. The van der Waals surface area contributed by atoms with Crippen molar-refractivity contribution in [2.45, 2.75) is 25.7 Å². The number of halogens is 1. The van der Waals surface area contributed by atoms with E-state index in [0.717, 1.165) is 30.6 Å². The van der Waals surface area contributed by atoms with Gasteiger partial charge in [0.1, 0.15) is 5.75 Å². The van der Waals surface area contributed by atoms with Crippen molar-refractivity contribution in [1.82, 2.24) is 0 Å². The highest BCUT2D eigenvalue weighted by atomic mass is 35.5. The third-order valence-electron chi connectivity index (χ3n) is 2.92. The molecule has 0 aliphatic carbocycles. The summed E-state index contributed by atoms with van der Waals surface area (Å²) >= 11 is 5.59. The summed E-state index contributed by atoms with van der Waals surface area (Å²) in [6.45, 7) is 0.656. The molecule has 0 saturated carbocycles. The van der Waals surface area contributed by atoms with Crippen LogP contribution in [0.15, 0.2) is 12.1 Å². The molecule has 0 spiro atoms. The fourth-order valence-electron chi connectivity index (χ4n) is 2.02. The van der Waals surface area contributed by atoms with Gasteiger partial charge in [-0.05, 0) is 25.0 Å². The molecule has 0 fully saturated rings. The summed E-state index contributed by atoms with van der Waals surface area (Å²) in [5, 5.41) is 0. The normalized spacial score (nSPS) is 13.2. The first-order chi connectivity index (χ1) is 8.22. The number of hydrogen-bond acceptors (Lipinski definition) is 3. The van der Waals surface area contributed by atoms with Crippen molar-refractivity contribution in [2.75, 3.05) is 18.2 Å². The topological polar surface area (TPSA) is 52.3 Å². The molecule has 2 rings (SSSR count). The molecule has 0 unspecified atom stereocenters. The predicted octanol–water partition coefficient (Wildman–Crippen LogP) is 2.80. The molecule has 1 aliphatic rings. The highest BCUT2D eigenvalue weighted by Gasteiger charge is 2.18. The standard InChI is InChI=1S/C13H16ClNO2/c14-5-2-1-3-12(16)10-7-9-4-6-17-13(9)11(15)8-10/h7-8H,1-6,15H2. The minimum Gasteiger partial charge on any atom is -0.491 e. The zero-order chi connectivity index (χ0) is 12.3. The van der Waals surface area contributed by atoms with E-state index in [1.54, 1.807) is 6.07 Å². The summed E-state index contributed by atoms with van der Waals surface area (Å²) < 4.78 is 5.41. The molecule has 0 amide bonds. The Balaban J connectivity index is 2.11. The number of Topliss-reactive ketones (excluding diaryl/α,β-unsaturated/α-hetero) is 1. The SMILES string of the molecule is Nc1cc(C(=O)CCCCCl)cc2c1OCC2. The maximum Gasteiger partial charge on any atom is 0.162 e. The van der Waals surface area contributed by atoms with Crippen LogP contribution in [0.3, 0.4) is 0 Å². The van der Waals surface area contributed by atoms with Gasteiger partial charge in [-0.15, -0.1) is 11.6 Å². The number of nitrogens with two attached hydrogens (primary N) is 1. The number of carbonyl (C=O) groups is 1. The molecule has 92 valence electrons. The number of rotatable bonds is 5. The number of ketones is 1. The molecular weight excluding hydrogens is 238 g/mol. The van der Waals surface area contributed by atoms with Crippen LogP contribution in [0.5, 0.6) is 5.75 Å². The summed E-state index contributed by atoms with van der Waals surface area (Å²) in [4.78, 5) is 11.9. The molecular formula is C13H16ClNO2. The first-order valence-corrected chi connectivity index (χ1v) is 6.40. The monoisotopic (exact) mass is 253 g/mol. The lowest BCUT2D eigenvalue weighted by Gasteiger charge is -2.07. The molecule has 4 heteroatoms. The van der Waals surface area contributed by atoms with Crippen LogP contribution in [0, 0.1) is 0 Å². The molecule has 17 heavy (non-hydrogen) atoms. The number of hydrogen-bond donors (Lipinski definition) is 1. The van der Waals surface area contributed by atoms with E-state index in [1.165, 1.54) is 0 Å². The fourth-order valence-corrected chi connectivity index (χ4v) is 2.21. The second-order valence-electron chi connectivity index (χ2n) is 4.22. The van der Waals surface area contributed by atoms with E-state index in [1.807, 2.05) is 6.07 Å².